The molecule has 2 heterocycles. The maximum absolute atomic E-state index is 15.0. The van der Waals surface area contributed by atoms with Crippen molar-refractivity contribution in [3.05, 3.63) is 24.0 Å². The van der Waals surface area contributed by atoms with Crippen molar-refractivity contribution >= 4 is 29.2 Å². The lowest BCUT2D eigenvalue weighted by atomic mass is 10.1. The van der Waals surface area contributed by atoms with Crippen LogP contribution in [0, 0.1) is 5.82 Å². The molecule has 194 valence electrons. The van der Waals surface area contributed by atoms with Gasteiger partial charge in [0.25, 0.3) is 12.3 Å². The minimum atomic E-state index is -3.07. The molecule has 1 atom stereocenters. The van der Waals surface area contributed by atoms with Crippen molar-refractivity contribution in [2.75, 3.05) is 62.3 Å². The molecule has 9 nitrogen and oxygen atoms in total. The fourth-order valence-corrected chi connectivity index (χ4v) is 3.78. The second-order valence-electron chi connectivity index (χ2n) is 8.09. The van der Waals surface area contributed by atoms with Crippen molar-refractivity contribution in [2.24, 2.45) is 0 Å². The number of carbonyl (C=O) groups is 3. The summed E-state index contributed by atoms with van der Waals surface area (Å²) in [5.41, 5.74) is 0.500. The smallest absolute Gasteiger partial charge is 0.414 e. The zero-order valence-corrected chi connectivity index (χ0v) is 19.1. The normalized spacial score (nSPS) is 18.7. The number of hydroxylamine groups is 2. The summed E-state index contributed by atoms with van der Waals surface area (Å²) in [5.74, 6) is -2.12. The molecule has 0 spiro atoms. The van der Waals surface area contributed by atoms with Gasteiger partial charge in [0.1, 0.15) is 11.9 Å². The number of hydrogen-bond donors (Lipinski definition) is 1. The highest BCUT2D eigenvalue weighted by molar-refractivity contribution is 5.90. The summed E-state index contributed by atoms with van der Waals surface area (Å²) in [5, 5.41) is 4.04. The van der Waals surface area contributed by atoms with Gasteiger partial charge in [-0.05, 0) is 37.6 Å². The van der Waals surface area contributed by atoms with E-state index in [0.717, 1.165) is 0 Å². The van der Waals surface area contributed by atoms with E-state index in [9.17, 15) is 31.9 Å². The molecule has 35 heavy (non-hydrogen) atoms. The van der Waals surface area contributed by atoms with Crippen molar-refractivity contribution < 1.29 is 41.5 Å². The first-order valence-electron chi connectivity index (χ1n) is 11.3. The number of amides is 2. The van der Waals surface area contributed by atoms with Gasteiger partial charge in [-0.25, -0.2) is 23.0 Å². The van der Waals surface area contributed by atoms with Crippen LogP contribution in [0.3, 0.4) is 0 Å². The first-order chi connectivity index (χ1) is 16.8. The van der Waals surface area contributed by atoms with Gasteiger partial charge < -0.3 is 15.0 Å². The number of alkyl halides is 3. The van der Waals surface area contributed by atoms with E-state index in [1.54, 1.807) is 4.90 Å². The molecule has 2 saturated heterocycles. The van der Waals surface area contributed by atoms with Gasteiger partial charge in [0.05, 0.1) is 44.3 Å². The summed E-state index contributed by atoms with van der Waals surface area (Å²) in [6.45, 7) is 0.896. The summed E-state index contributed by atoms with van der Waals surface area (Å²) in [6, 6.07) is 4.21. The van der Waals surface area contributed by atoms with Gasteiger partial charge in [-0.2, -0.15) is 0 Å². The van der Waals surface area contributed by atoms with Gasteiger partial charge in [0.2, 0.25) is 0 Å². The molecular formula is C22H28F4N4O5. The van der Waals surface area contributed by atoms with E-state index in [4.69, 9.17) is 9.57 Å². The number of carbonyl (C=O) groups excluding carboxylic acids is 3. The topological polar surface area (TPSA) is 91.4 Å². The van der Waals surface area contributed by atoms with E-state index in [0.29, 0.717) is 26.1 Å². The third-order valence-electron chi connectivity index (χ3n) is 5.64. The Labute approximate surface area is 199 Å². The van der Waals surface area contributed by atoms with E-state index >= 15 is 0 Å². The van der Waals surface area contributed by atoms with Crippen molar-refractivity contribution in [3.63, 3.8) is 0 Å². The Morgan fingerprint density at radius 2 is 2.00 bits per heavy atom. The van der Waals surface area contributed by atoms with Crippen molar-refractivity contribution in [1.82, 2.24) is 10.4 Å². The van der Waals surface area contributed by atoms with Gasteiger partial charge >= 0.3 is 6.09 Å². The molecule has 0 aromatic heterocycles. The van der Waals surface area contributed by atoms with Crippen LogP contribution in [-0.4, -0.2) is 87.9 Å². The molecule has 1 N–H and O–H groups in total. The molecule has 2 fully saturated rings. The third-order valence-corrected chi connectivity index (χ3v) is 5.64. The minimum absolute atomic E-state index is 0.00623. The summed E-state index contributed by atoms with van der Waals surface area (Å²) < 4.78 is 57.0. The van der Waals surface area contributed by atoms with Crippen LogP contribution in [0.5, 0.6) is 0 Å². The maximum Gasteiger partial charge on any atom is 0.414 e. The first kappa shape index (κ1) is 26.7. The number of halogens is 4. The van der Waals surface area contributed by atoms with Crippen molar-refractivity contribution in [1.29, 1.82) is 0 Å². The largest absolute Gasteiger partial charge is 0.444 e. The summed E-state index contributed by atoms with van der Waals surface area (Å²) in [6.07, 6.45) is -4.70. The maximum atomic E-state index is 15.0. The number of ketones is 1. The van der Waals surface area contributed by atoms with Crippen LogP contribution >= 0.6 is 0 Å². The molecule has 0 radical (unpaired) electrons. The lowest BCUT2D eigenvalue weighted by molar-refractivity contribution is -0.180. The van der Waals surface area contributed by atoms with Crippen molar-refractivity contribution in [2.45, 2.75) is 31.8 Å². The molecule has 13 heteroatoms. The number of hydrogen-bond acceptors (Lipinski definition) is 7. The molecule has 0 aliphatic carbocycles. The number of ether oxygens (including phenoxy) is 1. The highest BCUT2D eigenvalue weighted by Crippen LogP contribution is 2.29. The Hall–Kier alpha value is -2.93. The van der Waals surface area contributed by atoms with Crippen molar-refractivity contribution in [3.8, 4) is 0 Å². The van der Waals surface area contributed by atoms with Gasteiger partial charge in [-0.1, -0.05) is 0 Å². The predicted octanol–water partition coefficient (Wildman–Crippen LogP) is 2.29. The molecule has 1 aromatic rings. The molecule has 2 aliphatic heterocycles. The van der Waals surface area contributed by atoms with Crippen LogP contribution in [0.4, 0.5) is 33.7 Å². The zero-order valence-electron chi connectivity index (χ0n) is 19.1. The Morgan fingerprint density at radius 3 is 2.71 bits per heavy atom. The van der Waals surface area contributed by atoms with Crippen LogP contribution < -0.4 is 15.1 Å². The van der Waals surface area contributed by atoms with Crippen LogP contribution in [-0.2, 0) is 19.2 Å². The fourth-order valence-electron chi connectivity index (χ4n) is 3.78. The number of rotatable bonds is 11. The van der Waals surface area contributed by atoms with E-state index in [1.165, 1.54) is 28.2 Å². The Balaban J connectivity index is 1.56. The number of cyclic esters (lactones) is 1. The number of anilines is 2. The highest BCUT2D eigenvalue weighted by Gasteiger charge is 2.33. The van der Waals surface area contributed by atoms with Gasteiger partial charge in [-0.3, -0.25) is 23.7 Å². The van der Waals surface area contributed by atoms with E-state index in [2.05, 4.69) is 5.32 Å². The summed E-state index contributed by atoms with van der Waals surface area (Å²) in [7, 11) is 0. The monoisotopic (exact) mass is 504 g/mol. The molecule has 2 amide bonds. The average Bonchev–Trinajstić information content (AvgIpc) is 3.03. The third kappa shape index (κ3) is 7.28. The summed E-state index contributed by atoms with van der Waals surface area (Å²) >= 11 is 0. The van der Waals surface area contributed by atoms with Gasteiger partial charge in [0, 0.05) is 19.5 Å². The van der Waals surface area contributed by atoms with E-state index in [-0.39, 0.29) is 49.9 Å². The minimum Gasteiger partial charge on any atom is -0.444 e. The SMILES string of the molecule is O=C(CC[C@H]1CN(c2ccc(N3CCON(C(=O)CNCCCF)CC3)c(F)c2)C(=O)O1)C(F)F. The Kier molecular flexibility index (Phi) is 9.66. The zero-order chi connectivity index (χ0) is 25.4. The van der Waals surface area contributed by atoms with Crippen LogP contribution in [0.15, 0.2) is 18.2 Å². The molecule has 0 unspecified atom stereocenters. The number of nitrogens with one attached hydrogen (secondary N) is 1. The van der Waals surface area contributed by atoms with Gasteiger partial charge in [-0.15, -0.1) is 0 Å². The fraction of sp³-hybridized carbons (Fsp3) is 0.591. The molecule has 1 aromatic carbocycles. The summed E-state index contributed by atoms with van der Waals surface area (Å²) in [4.78, 5) is 43.9. The lowest BCUT2D eigenvalue weighted by Crippen LogP contribution is -2.40. The number of benzene rings is 1. The van der Waals surface area contributed by atoms with E-state index < -0.39 is 43.3 Å². The molecular weight excluding hydrogens is 476 g/mol. The van der Waals surface area contributed by atoms with Crippen LogP contribution in [0.25, 0.3) is 0 Å². The Bertz CT molecular complexity index is 907. The quantitative estimate of drug-likeness (QED) is 0.365. The lowest BCUT2D eigenvalue weighted by Gasteiger charge is -2.24. The second-order valence-corrected chi connectivity index (χ2v) is 8.09. The molecule has 2 aliphatic rings. The molecule has 0 saturated carbocycles. The van der Waals surface area contributed by atoms with Crippen LogP contribution in [0.2, 0.25) is 0 Å². The average molecular weight is 504 g/mol. The second kappa shape index (κ2) is 12.7. The highest BCUT2D eigenvalue weighted by atomic mass is 19.3. The Morgan fingerprint density at radius 1 is 1.20 bits per heavy atom. The number of nitrogens with zero attached hydrogens (tertiary/aromatic N) is 3. The van der Waals surface area contributed by atoms with Crippen LogP contribution in [0.1, 0.15) is 19.3 Å². The molecule has 3 rings (SSSR count). The molecule has 0 bridgehead atoms. The number of Topliss-reactive ketones (excluding diaryl/α,β-unsaturated/α-hetero) is 1. The van der Waals surface area contributed by atoms with Gasteiger partial charge in [0.15, 0.2) is 5.78 Å². The first-order valence-corrected chi connectivity index (χ1v) is 11.3. The van der Waals surface area contributed by atoms with E-state index in [1.807, 2.05) is 0 Å². The standard InChI is InChI=1S/C22H28F4N4O5/c23-6-1-7-27-13-20(32)30-9-8-28(10-11-34-30)18-4-2-15(12-17(18)24)29-14-16(35-22(29)33)3-5-19(31)21(25)26/h2,4,12,16,21,27H,1,3,5-11,13-14H2/t16-/m0/s1. The predicted molar refractivity (Wildman–Crippen MR) is 118 cm³/mol.